The minimum atomic E-state index is -0.00521. The van der Waals surface area contributed by atoms with Crippen molar-refractivity contribution in [3.8, 4) is 0 Å². The number of hydrogen-bond donors (Lipinski definition) is 0. The second-order valence-electron chi connectivity index (χ2n) is 3.31. The van der Waals surface area contributed by atoms with Crippen LogP contribution in [0.3, 0.4) is 0 Å². The fourth-order valence-electron chi connectivity index (χ4n) is 0.750. The first kappa shape index (κ1) is 8.52. The highest BCUT2D eigenvalue weighted by molar-refractivity contribution is 7.86. The van der Waals surface area contributed by atoms with Crippen molar-refractivity contribution in [3.05, 3.63) is 0 Å². The molecule has 0 aromatic heterocycles. The third-order valence-corrected chi connectivity index (χ3v) is 81.0. The van der Waals surface area contributed by atoms with Crippen molar-refractivity contribution in [2.45, 2.75) is 0 Å². The molecule has 0 nitrogen and oxygen atoms in total. The Morgan fingerprint density at radius 2 is 1.57 bits per heavy atom. The van der Waals surface area contributed by atoms with E-state index in [0.29, 0.717) is 0 Å². The fourth-order valence-corrected chi connectivity index (χ4v) is 182. The van der Waals surface area contributed by atoms with E-state index in [1.54, 1.807) is 39.0 Å². The van der Waals surface area contributed by atoms with E-state index in [2.05, 4.69) is 0 Å². The van der Waals surface area contributed by atoms with E-state index in [0.717, 1.165) is 17.1 Å². The summed E-state index contributed by atoms with van der Waals surface area (Å²) in [5, 5.41) is 0. The Labute approximate surface area is 62.3 Å². The van der Waals surface area contributed by atoms with Crippen molar-refractivity contribution < 1.29 is 0 Å². The van der Waals surface area contributed by atoms with E-state index in [-0.39, 0.29) is 6.14 Å². The van der Waals surface area contributed by atoms with Gasteiger partial charge >= 0.3 is 0 Å². The molecule has 0 rings (SSSR count). The molecule has 7 heteroatoms. The van der Waals surface area contributed by atoms with Crippen LogP contribution in [0.2, 0.25) is 0 Å². The molecule has 0 fully saturated rings. The summed E-state index contributed by atoms with van der Waals surface area (Å²) in [7, 11) is 8.37. The Morgan fingerprint density at radius 3 is 1.57 bits per heavy atom. The summed E-state index contributed by atoms with van der Waals surface area (Å²) in [5.41, 5.74) is 0. The molecular formula is H16Si7. The van der Waals surface area contributed by atoms with Gasteiger partial charge < -0.3 is 0 Å². The molecule has 0 saturated carbocycles. The van der Waals surface area contributed by atoms with Crippen LogP contribution in [0, 0.1) is 0 Å². The van der Waals surface area contributed by atoms with Crippen LogP contribution in [-0.2, 0) is 0 Å². The van der Waals surface area contributed by atoms with Gasteiger partial charge in [-0.25, -0.2) is 0 Å². The van der Waals surface area contributed by atoms with Crippen LogP contribution < -0.4 is 0 Å². The maximum absolute atomic E-state index is 1.72. The molecule has 0 saturated heterocycles. The molecule has 0 aliphatic rings. The largest absolute Gasteiger partial charge is 0.0120 e. The van der Waals surface area contributed by atoms with Gasteiger partial charge in [-0.15, -0.1) is 0 Å². The van der Waals surface area contributed by atoms with Gasteiger partial charge in [0.2, 0.25) is 0 Å². The lowest BCUT2D eigenvalue weighted by atomic mass is 26.0. The predicted octanol–water partition coefficient (Wildman–Crippen LogP) is -6.95. The third-order valence-electron chi connectivity index (χ3n) is 1.000. The van der Waals surface area contributed by atoms with Crippen molar-refractivity contribution in [1.29, 1.82) is 0 Å². The van der Waals surface area contributed by atoms with E-state index in [1.165, 1.54) is 0 Å². The Morgan fingerprint density at radius 1 is 1.14 bits per heavy atom. The molecule has 0 aromatic carbocycles. The highest BCUT2D eigenvalue weighted by Crippen LogP contribution is 1.72. The summed E-state index contributed by atoms with van der Waals surface area (Å²) in [4.78, 5) is 0. The molecule has 0 bridgehead atoms. The molecule has 0 aromatic rings. The van der Waals surface area contributed by atoms with E-state index in [9.17, 15) is 0 Å². The summed E-state index contributed by atoms with van der Waals surface area (Å²) in [5.74, 6) is 0. The van der Waals surface area contributed by atoms with Crippen molar-refractivity contribution in [2.24, 2.45) is 0 Å². The minimum absolute atomic E-state index is 0.00521. The van der Waals surface area contributed by atoms with Crippen LogP contribution in [0.1, 0.15) is 0 Å². The van der Waals surface area contributed by atoms with E-state index >= 15 is 0 Å². The Balaban J connectivity index is 3.15. The lowest BCUT2D eigenvalue weighted by molar-refractivity contribution is 3.65. The molecule has 44 valence electrons. The zero-order valence-electron chi connectivity index (χ0n) is 5.91. The van der Waals surface area contributed by atoms with Gasteiger partial charge in [0.1, 0.15) is 0 Å². The van der Waals surface area contributed by atoms with Gasteiger partial charge in [0.15, 0.2) is 0 Å². The maximum Gasteiger partial charge on any atom is -0.00631 e. The van der Waals surface area contributed by atoms with Gasteiger partial charge in [-0.2, -0.15) is 0 Å². The van der Waals surface area contributed by atoms with Crippen molar-refractivity contribution in [1.82, 2.24) is 0 Å². The van der Waals surface area contributed by atoms with Gasteiger partial charge in [-0.1, -0.05) is 0 Å². The highest BCUT2D eigenvalue weighted by Gasteiger charge is 2.10. The third kappa shape index (κ3) is 7.52. The second-order valence-corrected chi connectivity index (χ2v) is 89.4. The lowest BCUT2D eigenvalue weighted by Crippen LogP contribution is -2.48. The molecule has 0 aliphatic carbocycles. The Bertz CT molecular complexity index is 38.5. The molecule has 0 aliphatic heterocycles. The second kappa shape index (κ2) is 3.53. The molecule has 0 spiro atoms. The van der Waals surface area contributed by atoms with Crippen LogP contribution in [0.4, 0.5) is 0 Å². The van der Waals surface area contributed by atoms with Crippen LogP contribution >= 0.6 is 0 Å². The molecule has 0 N–H and O–H groups in total. The molecular weight excluding hydrogens is 197 g/mol. The fraction of sp³-hybridized carbons (Fsp3) is 0. The zero-order chi connectivity index (χ0) is 5.91. The summed E-state index contributed by atoms with van der Waals surface area (Å²) in [6, 6.07) is 0. The topological polar surface area (TPSA) is 0 Å². The molecule has 0 atom stereocenters. The zero-order valence-corrected chi connectivity index (χ0v) is 17.7. The summed E-state index contributed by atoms with van der Waals surface area (Å²) in [6.45, 7) is 0. The van der Waals surface area contributed by atoms with Gasteiger partial charge in [-0.3, -0.25) is 0 Å². The summed E-state index contributed by atoms with van der Waals surface area (Å²) >= 11 is 0. The first-order chi connectivity index (χ1) is 3.06. The van der Waals surface area contributed by atoms with Crippen LogP contribution in [0.25, 0.3) is 0 Å². The van der Waals surface area contributed by atoms with Crippen LogP contribution in [-0.4, -0.2) is 62.3 Å². The van der Waals surface area contributed by atoms with E-state index < -0.39 is 0 Å². The standard InChI is InChI=1S/H16Si7/c1-5-6-7(2,3)4/h5-6H2,1-4H3. The Hall–Kier alpha value is 1.52. The Kier molecular flexibility index (Phi) is 4.29. The smallest absolute Gasteiger partial charge is 0.00631 e. The number of hydrogen-bond acceptors (Lipinski definition) is 0. The molecule has 0 unspecified atom stereocenters. The number of rotatable bonds is 2. The molecule has 0 radical (unpaired) electrons. The highest BCUT2D eigenvalue weighted by atomic mass is 30.2. The van der Waals surface area contributed by atoms with Crippen LogP contribution in [0.5, 0.6) is 0 Å². The predicted molar refractivity (Wildman–Crippen MR) is 62.6 cm³/mol. The van der Waals surface area contributed by atoms with Crippen molar-refractivity contribution in [3.63, 3.8) is 0 Å². The molecule has 0 amide bonds. The van der Waals surface area contributed by atoms with Crippen molar-refractivity contribution >= 4 is 62.3 Å². The lowest BCUT2D eigenvalue weighted by Gasteiger charge is -2.11. The summed E-state index contributed by atoms with van der Waals surface area (Å²) in [6.07, 6.45) is -0.00521. The molecule has 7 heavy (non-hydrogen) atoms. The monoisotopic (exact) mass is 212 g/mol. The van der Waals surface area contributed by atoms with Gasteiger partial charge in [-0.05, 0) is 62.3 Å². The normalized spacial score (nSPS) is 24.0. The quantitative estimate of drug-likeness (QED) is 0.400. The van der Waals surface area contributed by atoms with Crippen LogP contribution in [0.15, 0.2) is 0 Å². The molecule has 0 heterocycles. The van der Waals surface area contributed by atoms with E-state index in [4.69, 9.17) is 0 Å². The maximum atomic E-state index is 1.72. The van der Waals surface area contributed by atoms with Gasteiger partial charge in [0.05, 0.1) is 0 Å². The average molecular weight is 213 g/mol. The summed E-state index contributed by atoms with van der Waals surface area (Å²) < 4.78 is 0. The van der Waals surface area contributed by atoms with Gasteiger partial charge in [0, 0.05) is 0 Å². The van der Waals surface area contributed by atoms with Crippen molar-refractivity contribution in [2.75, 3.05) is 0 Å². The minimum Gasteiger partial charge on any atom is -0.0120 e. The van der Waals surface area contributed by atoms with E-state index in [1.807, 2.05) is 0 Å². The first-order valence-electron chi connectivity index (χ1n) is 3.06. The SMILES string of the molecule is [SiH3][SiH2][SiH2][Si]([SiH3])([SiH3])[SiH3]. The average Bonchev–Trinajstić information content (AvgIpc) is 1.30. The first-order valence-corrected chi connectivity index (χ1v) is 27.5. The van der Waals surface area contributed by atoms with Gasteiger partial charge in [0.25, 0.3) is 0 Å².